The minimum absolute atomic E-state index is 0.115. The Hall–Kier alpha value is -3.00. The van der Waals surface area contributed by atoms with E-state index in [-0.39, 0.29) is 12.1 Å². The highest BCUT2D eigenvalue weighted by Gasteiger charge is 2.23. The van der Waals surface area contributed by atoms with Crippen LogP contribution >= 0.6 is 0 Å². The van der Waals surface area contributed by atoms with Gasteiger partial charge in [-0.05, 0) is 23.8 Å². The Morgan fingerprint density at radius 1 is 1.27 bits per heavy atom. The monoisotopic (exact) mass is 294 g/mol. The molecule has 2 heterocycles. The van der Waals surface area contributed by atoms with Crippen LogP contribution in [0.25, 0.3) is 0 Å². The van der Waals surface area contributed by atoms with Crippen molar-refractivity contribution in [3.8, 4) is 17.7 Å². The number of benzene rings is 1. The Labute approximate surface area is 128 Å². The zero-order valence-electron chi connectivity index (χ0n) is 12.0. The van der Waals surface area contributed by atoms with Gasteiger partial charge in [0.1, 0.15) is 6.61 Å². The summed E-state index contributed by atoms with van der Waals surface area (Å²) in [5, 5.41) is 2.75. The summed E-state index contributed by atoms with van der Waals surface area (Å²) < 4.78 is 9.98. The number of pyridine rings is 1. The summed E-state index contributed by atoms with van der Waals surface area (Å²) in [4.78, 5) is 15.1. The minimum Gasteiger partial charge on any atom is -0.481 e. The van der Waals surface area contributed by atoms with Crippen LogP contribution < -0.4 is 10.1 Å². The van der Waals surface area contributed by atoms with Crippen LogP contribution in [0.5, 0.6) is 5.88 Å². The standard InChI is InChI=1S/C17H14N2O3/c1-21-16-10-13(7-8-18-16)6-5-12-3-2-4-14(9-12)15-11-22-17(20)19-15/h2-4,7-10,15H,11H2,1H3,(H,19,20)/t15-/m0/s1. The first-order valence-corrected chi connectivity index (χ1v) is 6.80. The largest absolute Gasteiger partial charge is 0.481 e. The van der Waals surface area contributed by atoms with E-state index in [9.17, 15) is 4.79 Å². The van der Waals surface area contributed by atoms with Gasteiger partial charge in [-0.1, -0.05) is 24.0 Å². The van der Waals surface area contributed by atoms with Gasteiger partial charge in [-0.25, -0.2) is 9.78 Å². The molecular formula is C17H14N2O3. The summed E-state index contributed by atoms with van der Waals surface area (Å²) in [5.41, 5.74) is 2.68. The highest BCUT2D eigenvalue weighted by Crippen LogP contribution is 2.19. The number of hydrogen-bond donors (Lipinski definition) is 1. The molecule has 0 unspecified atom stereocenters. The van der Waals surface area contributed by atoms with Crippen molar-refractivity contribution >= 4 is 6.09 Å². The smallest absolute Gasteiger partial charge is 0.407 e. The van der Waals surface area contributed by atoms with Crippen LogP contribution in [0.2, 0.25) is 0 Å². The van der Waals surface area contributed by atoms with Crippen LogP contribution in [-0.2, 0) is 4.74 Å². The molecule has 1 saturated heterocycles. The molecule has 1 aromatic heterocycles. The van der Waals surface area contributed by atoms with Crippen molar-refractivity contribution in [2.24, 2.45) is 0 Å². The third-order valence-corrected chi connectivity index (χ3v) is 3.26. The molecule has 1 aromatic carbocycles. The average molecular weight is 294 g/mol. The van der Waals surface area contributed by atoms with Gasteiger partial charge in [-0.2, -0.15) is 0 Å². The van der Waals surface area contributed by atoms with E-state index < -0.39 is 0 Å². The molecule has 1 aliphatic heterocycles. The van der Waals surface area contributed by atoms with Gasteiger partial charge in [0, 0.05) is 23.4 Å². The first-order valence-electron chi connectivity index (χ1n) is 6.80. The van der Waals surface area contributed by atoms with Gasteiger partial charge >= 0.3 is 6.09 Å². The molecule has 22 heavy (non-hydrogen) atoms. The zero-order chi connectivity index (χ0) is 15.4. The number of carbonyl (C=O) groups is 1. The highest BCUT2D eigenvalue weighted by molar-refractivity contribution is 5.70. The Balaban J connectivity index is 1.81. The van der Waals surface area contributed by atoms with Gasteiger partial charge in [-0.3, -0.25) is 0 Å². The van der Waals surface area contributed by atoms with Crippen LogP contribution in [0, 0.1) is 11.8 Å². The van der Waals surface area contributed by atoms with Crippen LogP contribution in [0.15, 0.2) is 42.6 Å². The first-order chi connectivity index (χ1) is 10.7. The lowest BCUT2D eigenvalue weighted by Gasteiger charge is -2.07. The molecule has 5 nitrogen and oxygen atoms in total. The van der Waals surface area contributed by atoms with Gasteiger partial charge < -0.3 is 14.8 Å². The van der Waals surface area contributed by atoms with E-state index >= 15 is 0 Å². The lowest BCUT2D eigenvalue weighted by atomic mass is 10.0. The van der Waals surface area contributed by atoms with Crippen LogP contribution in [0.3, 0.4) is 0 Å². The number of ether oxygens (including phenoxy) is 2. The number of alkyl carbamates (subject to hydrolysis) is 1. The third-order valence-electron chi connectivity index (χ3n) is 3.26. The molecule has 0 spiro atoms. The predicted molar refractivity (Wildman–Crippen MR) is 80.4 cm³/mol. The first kappa shape index (κ1) is 14.0. The molecule has 1 atom stereocenters. The van der Waals surface area contributed by atoms with Crippen molar-refractivity contribution < 1.29 is 14.3 Å². The van der Waals surface area contributed by atoms with Gasteiger partial charge in [0.25, 0.3) is 0 Å². The van der Waals surface area contributed by atoms with E-state index in [0.717, 1.165) is 16.7 Å². The number of nitrogens with zero attached hydrogens (tertiary/aromatic N) is 1. The maximum atomic E-state index is 11.1. The lowest BCUT2D eigenvalue weighted by molar-refractivity contribution is 0.177. The van der Waals surface area contributed by atoms with Crippen molar-refractivity contribution in [1.29, 1.82) is 0 Å². The summed E-state index contributed by atoms with van der Waals surface area (Å²) in [5.74, 6) is 6.71. The zero-order valence-corrected chi connectivity index (χ0v) is 12.0. The lowest BCUT2D eigenvalue weighted by Crippen LogP contribution is -2.18. The Morgan fingerprint density at radius 2 is 2.09 bits per heavy atom. The molecule has 1 N–H and O–H groups in total. The van der Waals surface area contributed by atoms with Gasteiger partial charge in [0.2, 0.25) is 5.88 Å². The van der Waals surface area contributed by atoms with Crippen LogP contribution in [0.1, 0.15) is 22.7 Å². The van der Waals surface area contributed by atoms with E-state index in [4.69, 9.17) is 9.47 Å². The van der Waals surface area contributed by atoms with E-state index in [1.165, 1.54) is 0 Å². The second-order valence-corrected chi connectivity index (χ2v) is 4.76. The molecule has 0 saturated carbocycles. The normalized spacial score (nSPS) is 16.2. The fraction of sp³-hybridized carbons (Fsp3) is 0.176. The summed E-state index contributed by atoms with van der Waals surface area (Å²) in [6.45, 7) is 0.345. The van der Waals surface area contributed by atoms with Crippen molar-refractivity contribution in [2.75, 3.05) is 13.7 Å². The number of methoxy groups -OCH3 is 1. The van der Waals surface area contributed by atoms with Crippen LogP contribution in [0.4, 0.5) is 4.79 Å². The predicted octanol–water partition coefficient (Wildman–Crippen LogP) is 2.27. The number of carbonyl (C=O) groups excluding carboxylic acids is 1. The summed E-state index contributed by atoms with van der Waals surface area (Å²) >= 11 is 0. The molecule has 3 rings (SSSR count). The molecule has 1 fully saturated rings. The average Bonchev–Trinajstić information content (AvgIpc) is 3.00. The fourth-order valence-corrected chi connectivity index (χ4v) is 2.14. The van der Waals surface area contributed by atoms with E-state index in [1.807, 2.05) is 30.3 Å². The van der Waals surface area contributed by atoms with E-state index in [0.29, 0.717) is 12.5 Å². The number of nitrogens with one attached hydrogen (secondary N) is 1. The molecule has 5 heteroatoms. The molecule has 110 valence electrons. The maximum absolute atomic E-state index is 11.1. The molecule has 0 bridgehead atoms. The molecule has 2 aromatic rings. The Bertz CT molecular complexity index is 762. The van der Waals surface area contributed by atoms with Crippen molar-refractivity contribution in [3.63, 3.8) is 0 Å². The maximum Gasteiger partial charge on any atom is 0.407 e. The molecule has 0 aliphatic carbocycles. The summed E-state index contributed by atoms with van der Waals surface area (Å²) in [6, 6.07) is 11.2. The number of cyclic esters (lactones) is 1. The Morgan fingerprint density at radius 3 is 2.82 bits per heavy atom. The minimum atomic E-state index is -0.384. The Kier molecular flexibility index (Phi) is 3.92. The second kappa shape index (κ2) is 6.19. The third kappa shape index (κ3) is 3.18. The molecular weight excluding hydrogens is 280 g/mol. The van der Waals surface area contributed by atoms with E-state index in [2.05, 4.69) is 22.1 Å². The van der Waals surface area contributed by atoms with E-state index in [1.54, 1.807) is 19.4 Å². The fourth-order valence-electron chi connectivity index (χ4n) is 2.14. The van der Waals surface area contributed by atoms with Gasteiger partial charge in [0.05, 0.1) is 13.2 Å². The van der Waals surface area contributed by atoms with Gasteiger partial charge in [-0.15, -0.1) is 0 Å². The second-order valence-electron chi connectivity index (χ2n) is 4.76. The van der Waals surface area contributed by atoms with Gasteiger partial charge in [0.15, 0.2) is 0 Å². The molecule has 1 aliphatic rings. The highest BCUT2D eigenvalue weighted by atomic mass is 16.6. The molecule has 1 amide bonds. The summed E-state index contributed by atoms with van der Waals surface area (Å²) in [6.07, 6.45) is 1.27. The topological polar surface area (TPSA) is 60.5 Å². The number of amides is 1. The molecule has 0 radical (unpaired) electrons. The number of aromatic nitrogens is 1. The quantitative estimate of drug-likeness (QED) is 0.863. The van der Waals surface area contributed by atoms with Crippen LogP contribution in [-0.4, -0.2) is 24.8 Å². The van der Waals surface area contributed by atoms with Crippen molar-refractivity contribution in [1.82, 2.24) is 10.3 Å². The van der Waals surface area contributed by atoms with Crippen molar-refractivity contribution in [3.05, 3.63) is 59.3 Å². The number of rotatable bonds is 2. The summed E-state index contributed by atoms with van der Waals surface area (Å²) in [7, 11) is 1.57. The SMILES string of the molecule is COc1cc(C#Cc2cccc([C@@H]3COC(=O)N3)c2)ccn1. The van der Waals surface area contributed by atoms with Crippen molar-refractivity contribution in [2.45, 2.75) is 6.04 Å². The number of hydrogen-bond acceptors (Lipinski definition) is 4.